The van der Waals surface area contributed by atoms with Gasteiger partial charge in [-0.15, -0.1) is 0 Å². The monoisotopic (exact) mass is 385 g/mol. The Balaban J connectivity index is 1.47. The summed E-state index contributed by atoms with van der Waals surface area (Å²) in [5, 5.41) is 7.62. The van der Waals surface area contributed by atoms with Gasteiger partial charge in [0.15, 0.2) is 11.5 Å². The number of hydrogen-bond donors (Lipinski definition) is 1. The maximum atomic E-state index is 14.4. The van der Waals surface area contributed by atoms with Gasteiger partial charge >= 0.3 is 0 Å². The number of halogens is 2. The molecule has 6 heteroatoms. The zero-order valence-electron chi connectivity index (χ0n) is 15.9. The van der Waals surface area contributed by atoms with Crippen molar-refractivity contribution in [1.82, 2.24) is 15.1 Å². The van der Waals surface area contributed by atoms with Crippen molar-refractivity contribution in [2.24, 2.45) is 5.92 Å². The summed E-state index contributed by atoms with van der Waals surface area (Å²) >= 11 is 0. The first-order chi connectivity index (χ1) is 13.6. The molecule has 1 N–H and O–H groups in total. The SMILES string of the molecule is O=C(NCC1CCCCC1)c1nn(-c2ccc(F)cc2F)c2c1C1CCC2C1. The van der Waals surface area contributed by atoms with Gasteiger partial charge in [0.1, 0.15) is 11.5 Å². The van der Waals surface area contributed by atoms with Gasteiger partial charge in [-0.1, -0.05) is 19.3 Å². The molecule has 28 heavy (non-hydrogen) atoms. The molecule has 3 aliphatic carbocycles. The molecule has 2 bridgehead atoms. The maximum absolute atomic E-state index is 14.4. The fraction of sp³-hybridized carbons (Fsp3) is 0.545. The average Bonchev–Trinajstić information content (AvgIpc) is 3.40. The molecule has 2 unspecified atom stereocenters. The standard InChI is InChI=1S/C22H25F2N3O/c23-16-8-9-18(17(24)11-16)27-21-15-7-6-14(10-15)19(21)20(26-27)22(28)25-12-13-4-2-1-3-5-13/h8-9,11,13-15H,1-7,10,12H2,(H,25,28). The largest absolute Gasteiger partial charge is 0.350 e. The van der Waals surface area contributed by atoms with E-state index in [1.54, 1.807) is 4.68 Å². The van der Waals surface area contributed by atoms with Gasteiger partial charge in [0, 0.05) is 24.1 Å². The molecule has 0 radical (unpaired) electrons. The minimum atomic E-state index is -0.651. The molecule has 2 atom stereocenters. The number of benzene rings is 1. The van der Waals surface area contributed by atoms with E-state index in [0.717, 1.165) is 49.4 Å². The number of carbonyl (C=O) groups is 1. The number of rotatable bonds is 4. The summed E-state index contributed by atoms with van der Waals surface area (Å²) in [5.74, 6) is -0.252. The van der Waals surface area contributed by atoms with E-state index < -0.39 is 11.6 Å². The fourth-order valence-corrected chi connectivity index (χ4v) is 5.45. The van der Waals surface area contributed by atoms with E-state index in [4.69, 9.17) is 0 Å². The second-order valence-electron chi connectivity index (χ2n) is 8.58. The summed E-state index contributed by atoms with van der Waals surface area (Å²) in [6, 6.07) is 3.52. The van der Waals surface area contributed by atoms with Crippen molar-refractivity contribution in [3.8, 4) is 5.69 Å². The van der Waals surface area contributed by atoms with Crippen LogP contribution in [-0.2, 0) is 0 Å². The Bertz CT molecular complexity index is 917. The van der Waals surface area contributed by atoms with Crippen molar-refractivity contribution in [2.75, 3.05) is 6.54 Å². The van der Waals surface area contributed by atoms with Crippen LogP contribution < -0.4 is 5.32 Å². The number of nitrogens with zero attached hydrogens (tertiary/aromatic N) is 2. The smallest absolute Gasteiger partial charge is 0.272 e. The number of carbonyl (C=O) groups excluding carboxylic acids is 1. The number of hydrogen-bond acceptors (Lipinski definition) is 2. The summed E-state index contributed by atoms with van der Waals surface area (Å²) < 4.78 is 29.4. The third kappa shape index (κ3) is 2.93. The van der Waals surface area contributed by atoms with E-state index in [9.17, 15) is 13.6 Å². The molecule has 148 valence electrons. The van der Waals surface area contributed by atoms with Crippen molar-refractivity contribution in [3.05, 3.63) is 46.8 Å². The molecule has 0 aliphatic heterocycles. The van der Waals surface area contributed by atoms with Crippen LogP contribution in [0.15, 0.2) is 18.2 Å². The average molecular weight is 385 g/mol. The molecule has 2 aromatic rings. The summed E-state index contributed by atoms with van der Waals surface area (Å²) in [4.78, 5) is 13.0. The van der Waals surface area contributed by atoms with Crippen LogP contribution in [0.1, 0.15) is 84.9 Å². The lowest BCUT2D eigenvalue weighted by Gasteiger charge is -2.21. The molecule has 0 saturated heterocycles. The van der Waals surface area contributed by atoms with Crippen LogP contribution in [0.2, 0.25) is 0 Å². The van der Waals surface area contributed by atoms with Gasteiger partial charge in [0.05, 0.1) is 5.69 Å². The highest BCUT2D eigenvalue weighted by Gasteiger charge is 2.44. The molecular formula is C22H25F2N3O. The van der Waals surface area contributed by atoms with Gasteiger partial charge in [-0.25, -0.2) is 13.5 Å². The first-order valence-corrected chi connectivity index (χ1v) is 10.5. The lowest BCUT2D eigenvalue weighted by atomic mass is 9.89. The first kappa shape index (κ1) is 17.8. The summed E-state index contributed by atoms with van der Waals surface area (Å²) in [7, 11) is 0. The van der Waals surface area contributed by atoms with Crippen molar-refractivity contribution < 1.29 is 13.6 Å². The molecule has 3 aliphatic rings. The Morgan fingerprint density at radius 1 is 1.11 bits per heavy atom. The second-order valence-corrected chi connectivity index (χ2v) is 8.58. The highest BCUT2D eigenvalue weighted by molar-refractivity contribution is 5.94. The number of nitrogens with one attached hydrogen (secondary N) is 1. The van der Waals surface area contributed by atoms with Gasteiger partial charge in [-0.05, 0) is 56.1 Å². The Morgan fingerprint density at radius 3 is 2.68 bits per heavy atom. The number of aromatic nitrogens is 2. The Labute approximate surface area is 163 Å². The highest BCUT2D eigenvalue weighted by Crippen LogP contribution is 2.54. The van der Waals surface area contributed by atoms with Gasteiger partial charge in [0.2, 0.25) is 0 Å². The van der Waals surface area contributed by atoms with Crippen LogP contribution in [0.25, 0.3) is 5.69 Å². The molecule has 1 aromatic heterocycles. The molecule has 2 saturated carbocycles. The Hall–Kier alpha value is -2.24. The van der Waals surface area contributed by atoms with Crippen LogP contribution in [0, 0.1) is 17.6 Å². The first-order valence-electron chi connectivity index (χ1n) is 10.5. The Morgan fingerprint density at radius 2 is 1.89 bits per heavy atom. The molecule has 1 aromatic carbocycles. The zero-order chi connectivity index (χ0) is 19.3. The second kappa shape index (κ2) is 6.98. The molecule has 1 heterocycles. The predicted octanol–water partition coefficient (Wildman–Crippen LogP) is 4.83. The molecule has 5 rings (SSSR count). The topological polar surface area (TPSA) is 46.9 Å². The summed E-state index contributed by atoms with van der Waals surface area (Å²) in [6.07, 6.45) is 9.17. The van der Waals surface area contributed by atoms with Crippen LogP contribution in [-0.4, -0.2) is 22.2 Å². The third-order valence-corrected chi connectivity index (χ3v) is 6.82. The lowest BCUT2D eigenvalue weighted by Crippen LogP contribution is -2.31. The normalized spacial score (nSPS) is 23.8. The quantitative estimate of drug-likeness (QED) is 0.820. The summed E-state index contributed by atoms with van der Waals surface area (Å²) in [6.45, 7) is 0.680. The van der Waals surface area contributed by atoms with Crippen molar-refractivity contribution >= 4 is 5.91 Å². The van der Waals surface area contributed by atoms with E-state index in [2.05, 4.69) is 10.4 Å². The minimum Gasteiger partial charge on any atom is -0.350 e. The number of fused-ring (bicyclic) bond motifs is 5. The van der Waals surface area contributed by atoms with Crippen LogP contribution in [0.5, 0.6) is 0 Å². The molecule has 4 nitrogen and oxygen atoms in total. The predicted molar refractivity (Wildman–Crippen MR) is 102 cm³/mol. The molecular weight excluding hydrogens is 360 g/mol. The van der Waals surface area contributed by atoms with E-state index in [1.165, 1.54) is 31.4 Å². The van der Waals surface area contributed by atoms with Crippen LogP contribution in [0.4, 0.5) is 8.78 Å². The van der Waals surface area contributed by atoms with E-state index in [1.807, 2.05) is 0 Å². The van der Waals surface area contributed by atoms with E-state index in [0.29, 0.717) is 30.0 Å². The van der Waals surface area contributed by atoms with Gasteiger partial charge in [0.25, 0.3) is 5.91 Å². The fourth-order valence-electron chi connectivity index (χ4n) is 5.45. The van der Waals surface area contributed by atoms with Gasteiger partial charge in [-0.3, -0.25) is 4.79 Å². The van der Waals surface area contributed by atoms with Crippen LogP contribution in [0.3, 0.4) is 0 Å². The third-order valence-electron chi connectivity index (χ3n) is 6.82. The lowest BCUT2D eigenvalue weighted by molar-refractivity contribution is 0.0936. The van der Waals surface area contributed by atoms with Gasteiger partial charge < -0.3 is 5.32 Å². The highest BCUT2D eigenvalue weighted by atomic mass is 19.1. The van der Waals surface area contributed by atoms with Crippen molar-refractivity contribution in [1.29, 1.82) is 0 Å². The van der Waals surface area contributed by atoms with Gasteiger partial charge in [-0.2, -0.15) is 5.10 Å². The maximum Gasteiger partial charge on any atom is 0.272 e. The summed E-state index contributed by atoms with van der Waals surface area (Å²) in [5.41, 5.74) is 2.59. The number of amides is 1. The molecule has 0 spiro atoms. The van der Waals surface area contributed by atoms with Crippen molar-refractivity contribution in [2.45, 2.75) is 63.2 Å². The van der Waals surface area contributed by atoms with Crippen molar-refractivity contribution in [3.63, 3.8) is 0 Å². The Kier molecular flexibility index (Phi) is 4.44. The zero-order valence-corrected chi connectivity index (χ0v) is 15.9. The molecule has 2 fully saturated rings. The van der Waals surface area contributed by atoms with Crippen LogP contribution >= 0.6 is 0 Å². The van der Waals surface area contributed by atoms with E-state index >= 15 is 0 Å². The van der Waals surface area contributed by atoms with E-state index in [-0.39, 0.29) is 11.6 Å². The molecule has 1 amide bonds. The minimum absolute atomic E-state index is 0.157.